The highest BCUT2D eigenvalue weighted by molar-refractivity contribution is 5.93. The molecule has 0 aliphatic carbocycles. The smallest absolute Gasteiger partial charge is 0.227 e. The lowest BCUT2D eigenvalue weighted by molar-refractivity contribution is -0.119. The summed E-state index contributed by atoms with van der Waals surface area (Å²) in [6.07, 6.45) is 0.689. The second-order valence-corrected chi connectivity index (χ2v) is 4.15. The summed E-state index contributed by atoms with van der Waals surface area (Å²) in [5.74, 6) is 0.648. The minimum Gasteiger partial charge on any atom is -0.497 e. The molecule has 4 heteroatoms. The zero-order valence-corrected chi connectivity index (χ0v) is 10.6. The summed E-state index contributed by atoms with van der Waals surface area (Å²) in [4.78, 5) is 11.8. The first-order chi connectivity index (χ1) is 8.08. The monoisotopic (exact) mass is 236 g/mol. The number of amides is 1. The predicted molar refractivity (Wildman–Crippen MR) is 69.2 cm³/mol. The molecule has 1 aromatic carbocycles. The maximum atomic E-state index is 11.8. The molecule has 0 fully saturated rings. The third kappa shape index (κ3) is 3.75. The number of aryl methyl sites for hydroxylation is 1. The van der Waals surface area contributed by atoms with Crippen molar-refractivity contribution in [3.8, 4) is 5.75 Å². The van der Waals surface area contributed by atoms with E-state index in [9.17, 15) is 4.79 Å². The minimum absolute atomic E-state index is 0.00759. The topological polar surface area (TPSA) is 64.3 Å². The summed E-state index contributed by atoms with van der Waals surface area (Å²) < 4.78 is 5.13. The van der Waals surface area contributed by atoms with Crippen molar-refractivity contribution in [2.24, 2.45) is 11.7 Å². The lowest BCUT2D eigenvalue weighted by Gasteiger charge is -2.13. The molecule has 1 aromatic rings. The molecule has 1 atom stereocenters. The normalized spacial score (nSPS) is 12.0. The van der Waals surface area contributed by atoms with E-state index in [1.165, 1.54) is 0 Å². The van der Waals surface area contributed by atoms with Gasteiger partial charge in [-0.2, -0.15) is 0 Å². The van der Waals surface area contributed by atoms with Crippen molar-refractivity contribution in [1.29, 1.82) is 0 Å². The average molecular weight is 236 g/mol. The first-order valence-corrected chi connectivity index (χ1v) is 5.74. The van der Waals surface area contributed by atoms with Gasteiger partial charge in [0.05, 0.1) is 7.11 Å². The predicted octanol–water partition coefficient (Wildman–Crippen LogP) is 1.93. The van der Waals surface area contributed by atoms with Crippen molar-refractivity contribution >= 4 is 11.6 Å². The van der Waals surface area contributed by atoms with E-state index in [-0.39, 0.29) is 11.8 Å². The van der Waals surface area contributed by atoms with Crippen LogP contribution >= 0.6 is 0 Å². The van der Waals surface area contributed by atoms with Crippen LogP contribution in [-0.4, -0.2) is 19.6 Å². The van der Waals surface area contributed by atoms with Crippen LogP contribution < -0.4 is 15.8 Å². The quantitative estimate of drug-likeness (QED) is 0.821. The van der Waals surface area contributed by atoms with Crippen LogP contribution in [-0.2, 0) is 4.79 Å². The fourth-order valence-electron chi connectivity index (χ4n) is 1.50. The van der Waals surface area contributed by atoms with Crippen molar-refractivity contribution < 1.29 is 9.53 Å². The molecule has 0 bridgehead atoms. The van der Waals surface area contributed by atoms with Crippen molar-refractivity contribution in [3.63, 3.8) is 0 Å². The van der Waals surface area contributed by atoms with Gasteiger partial charge in [-0.1, -0.05) is 13.0 Å². The molecule has 3 N–H and O–H groups in total. The Bertz CT molecular complexity index is 391. The van der Waals surface area contributed by atoms with Gasteiger partial charge < -0.3 is 15.8 Å². The summed E-state index contributed by atoms with van der Waals surface area (Å²) >= 11 is 0. The van der Waals surface area contributed by atoms with Gasteiger partial charge in [0.2, 0.25) is 5.91 Å². The Morgan fingerprint density at radius 3 is 2.82 bits per heavy atom. The Morgan fingerprint density at radius 2 is 2.24 bits per heavy atom. The molecule has 0 spiro atoms. The first-order valence-electron chi connectivity index (χ1n) is 5.74. The van der Waals surface area contributed by atoms with Gasteiger partial charge in [-0.05, 0) is 31.5 Å². The number of carbonyl (C=O) groups excluding carboxylic acids is 1. The molecule has 1 amide bonds. The molecule has 17 heavy (non-hydrogen) atoms. The number of benzene rings is 1. The fourth-order valence-corrected chi connectivity index (χ4v) is 1.50. The van der Waals surface area contributed by atoms with Gasteiger partial charge in [-0.25, -0.2) is 0 Å². The average Bonchev–Trinajstić information content (AvgIpc) is 2.32. The van der Waals surface area contributed by atoms with Gasteiger partial charge in [-0.15, -0.1) is 0 Å². The molecular formula is C13H20N2O2. The van der Waals surface area contributed by atoms with E-state index in [4.69, 9.17) is 10.5 Å². The number of methoxy groups -OCH3 is 1. The van der Waals surface area contributed by atoms with E-state index in [0.29, 0.717) is 13.0 Å². The molecule has 94 valence electrons. The van der Waals surface area contributed by atoms with Gasteiger partial charge in [0.15, 0.2) is 0 Å². The van der Waals surface area contributed by atoms with E-state index in [2.05, 4.69) is 5.32 Å². The number of anilines is 1. The molecule has 0 aliphatic heterocycles. The molecule has 1 unspecified atom stereocenters. The van der Waals surface area contributed by atoms with Crippen LogP contribution in [0.4, 0.5) is 5.69 Å². The minimum atomic E-state index is -0.0781. The van der Waals surface area contributed by atoms with Crippen LogP contribution in [0, 0.1) is 12.8 Å². The zero-order chi connectivity index (χ0) is 12.8. The van der Waals surface area contributed by atoms with E-state index in [1.54, 1.807) is 7.11 Å². The SMILES string of the molecule is COc1ccc(C)c(NC(=O)C(C)CCN)c1. The van der Waals surface area contributed by atoms with E-state index in [1.807, 2.05) is 32.0 Å². The molecule has 0 radical (unpaired) electrons. The largest absolute Gasteiger partial charge is 0.497 e. The van der Waals surface area contributed by atoms with Crippen LogP contribution in [0.25, 0.3) is 0 Å². The molecule has 1 rings (SSSR count). The highest BCUT2D eigenvalue weighted by Gasteiger charge is 2.13. The number of ether oxygens (including phenoxy) is 1. The van der Waals surface area contributed by atoms with Crippen LogP contribution in [0.5, 0.6) is 5.75 Å². The van der Waals surface area contributed by atoms with E-state index >= 15 is 0 Å². The summed E-state index contributed by atoms with van der Waals surface area (Å²) in [5, 5.41) is 2.90. The molecular weight excluding hydrogens is 216 g/mol. The standard InChI is InChI=1S/C13H20N2O2/c1-9-4-5-11(17-3)8-12(9)15-13(16)10(2)6-7-14/h4-5,8,10H,6-7,14H2,1-3H3,(H,15,16). The maximum Gasteiger partial charge on any atom is 0.227 e. The van der Waals surface area contributed by atoms with E-state index in [0.717, 1.165) is 17.0 Å². The maximum absolute atomic E-state index is 11.8. The summed E-state index contributed by atoms with van der Waals surface area (Å²) in [6.45, 7) is 4.34. The van der Waals surface area contributed by atoms with E-state index < -0.39 is 0 Å². The Hall–Kier alpha value is -1.55. The summed E-state index contributed by atoms with van der Waals surface area (Å²) in [5.41, 5.74) is 7.24. The van der Waals surface area contributed by atoms with Crippen molar-refractivity contribution in [1.82, 2.24) is 0 Å². The number of nitrogens with one attached hydrogen (secondary N) is 1. The fraction of sp³-hybridized carbons (Fsp3) is 0.462. The van der Waals surface area contributed by atoms with Gasteiger partial charge in [0, 0.05) is 17.7 Å². The third-order valence-electron chi connectivity index (χ3n) is 2.75. The summed E-state index contributed by atoms with van der Waals surface area (Å²) in [7, 11) is 1.60. The molecule has 0 saturated heterocycles. The Kier molecular flexibility index (Phi) is 4.97. The number of rotatable bonds is 5. The Morgan fingerprint density at radius 1 is 1.53 bits per heavy atom. The highest BCUT2D eigenvalue weighted by Crippen LogP contribution is 2.22. The second-order valence-electron chi connectivity index (χ2n) is 4.15. The summed E-state index contributed by atoms with van der Waals surface area (Å²) in [6, 6.07) is 5.61. The Balaban J connectivity index is 2.76. The zero-order valence-electron chi connectivity index (χ0n) is 10.6. The highest BCUT2D eigenvalue weighted by atomic mass is 16.5. The number of carbonyl (C=O) groups is 1. The van der Waals surface area contributed by atoms with Gasteiger partial charge in [0.1, 0.15) is 5.75 Å². The Labute approximate surface area is 102 Å². The molecule has 4 nitrogen and oxygen atoms in total. The second kappa shape index (κ2) is 6.25. The van der Waals surface area contributed by atoms with Crippen molar-refractivity contribution in [2.75, 3.05) is 19.0 Å². The van der Waals surface area contributed by atoms with Gasteiger partial charge in [0.25, 0.3) is 0 Å². The molecule has 0 heterocycles. The lowest BCUT2D eigenvalue weighted by Crippen LogP contribution is -2.23. The van der Waals surface area contributed by atoms with Crippen molar-refractivity contribution in [2.45, 2.75) is 20.3 Å². The van der Waals surface area contributed by atoms with Crippen LogP contribution in [0.15, 0.2) is 18.2 Å². The third-order valence-corrected chi connectivity index (χ3v) is 2.75. The molecule has 0 aliphatic rings. The van der Waals surface area contributed by atoms with Gasteiger partial charge >= 0.3 is 0 Å². The lowest BCUT2D eigenvalue weighted by atomic mass is 10.1. The number of nitrogens with two attached hydrogens (primary N) is 1. The first kappa shape index (κ1) is 13.5. The van der Waals surface area contributed by atoms with Crippen molar-refractivity contribution in [3.05, 3.63) is 23.8 Å². The van der Waals surface area contributed by atoms with Crippen LogP contribution in [0.2, 0.25) is 0 Å². The van der Waals surface area contributed by atoms with Gasteiger partial charge in [-0.3, -0.25) is 4.79 Å². The van der Waals surface area contributed by atoms with Crippen LogP contribution in [0.1, 0.15) is 18.9 Å². The number of hydrogen-bond acceptors (Lipinski definition) is 3. The molecule has 0 saturated carbocycles. The van der Waals surface area contributed by atoms with Crippen LogP contribution in [0.3, 0.4) is 0 Å². The number of hydrogen-bond donors (Lipinski definition) is 2. The molecule has 0 aromatic heterocycles.